The number of hydrogen-bond donors (Lipinski definition) is 2. The Bertz CT molecular complexity index is 605. The predicted octanol–water partition coefficient (Wildman–Crippen LogP) is 3.12. The number of aliphatic hydroxyl groups is 2. The van der Waals surface area contributed by atoms with Crippen molar-refractivity contribution in [1.82, 2.24) is 0 Å². The predicted molar refractivity (Wildman–Crippen MR) is 91.8 cm³/mol. The normalized spacial score (nSPS) is 43.8. The van der Waals surface area contributed by atoms with Gasteiger partial charge in [-0.25, -0.2) is 4.79 Å². The van der Waals surface area contributed by atoms with E-state index in [9.17, 15) is 15.0 Å². The number of carbonyl (C=O) groups excluding carboxylic acids is 1. The highest BCUT2D eigenvalue weighted by atomic mass is 16.5. The molecule has 24 heavy (non-hydrogen) atoms. The SMILES string of the molecule is C=C1CC[C@@H]2[C@](C)(CO)[C@H](O)CC[C@@]2(C)[C@H]1C/C=C1\C=COC1=O. The molecule has 132 valence electrons. The number of fused-ring (bicyclic) bond motifs is 1. The molecule has 0 saturated heterocycles. The number of ether oxygens (including phenoxy) is 1. The van der Waals surface area contributed by atoms with Crippen LogP contribution in [-0.2, 0) is 9.53 Å². The molecule has 2 N–H and O–H groups in total. The second-order valence-corrected chi connectivity index (χ2v) is 8.13. The fourth-order valence-electron chi connectivity index (χ4n) is 5.34. The minimum Gasteiger partial charge on any atom is -0.431 e. The molecule has 4 nitrogen and oxygen atoms in total. The number of hydrogen-bond acceptors (Lipinski definition) is 4. The van der Waals surface area contributed by atoms with Crippen LogP contribution in [0, 0.1) is 22.7 Å². The quantitative estimate of drug-likeness (QED) is 0.473. The van der Waals surface area contributed by atoms with Gasteiger partial charge in [0, 0.05) is 5.41 Å². The molecule has 0 radical (unpaired) electrons. The fraction of sp³-hybridized carbons (Fsp3) is 0.650. The number of carbonyl (C=O) groups is 1. The van der Waals surface area contributed by atoms with Crippen LogP contribution in [-0.4, -0.2) is 28.9 Å². The Labute approximate surface area is 143 Å². The van der Waals surface area contributed by atoms with E-state index in [0.29, 0.717) is 12.0 Å². The highest BCUT2D eigenvalue weighted by Gasteiger charge is 2.57. The summed E-state index contributed by atoms with van der Waals surface area (Å²) in [4.78, 5) is 11.6. The van der Waals surface area contributed by atoms with Gasteiger partial charge in [-0.2, -0.15) is 0 Å². The van der Waals surface area contributed by atoms with E-state index in [1.807, 2.05) is 13.0 Å². The van der Waals surface area contributed by atoms with Gasteiger partial charge in [-0.15, -0.1) is 0 Å². The maximum absolute atomic E-state index is 11.6. The first-order valence-electron chi connectivity index (χ1n) is 8.87. The van der Waals surface area contributed by atoms with Crippen LogP contribution in [0.1, 0.15) is 46.0 Å². The van der Waals surface area contributed by atoms with Gasteiger partial charge in [-0.05, 0) is 55.4 Å². The van der Waals surface area contributed by atoms with E-state index >= 15 is 0 Å². The van der Waals surface area contributed by atoms with Gasteiger partial charge in [-0.1, -0.05) is 32.1 Å². The molecule has 2 saturated carbocycles. The summed E-state index contributed by atoms with van der Waals surface area (Å²) < 4.78 is 4.85. The van der Waals surface area contributed by atoms with Crippen LogP contribution in [0.25, 0.3) is 0 Å². The van der Waals surface area contributed by atoms with Gasteiger partial charge in [0.15, 0.2) is 0 Å². The van der Waals surface area contributed by atoms with Gasteiger partial charge < -0.3 is 14.9 Å². The van der Waals surface area contributed by atoms with Crippen molar-refractivity contribution < 1.29 is 19.7 Å². The molecule has 1 heterocycles. The fourth-order valence-corrected chi connectivity index (χ4v) is 5.34. The topological polar surface area (TPSA) is 66.8 Å². The van der Waals surface area contributed by atoms with Crippen LogP contribution in [0.5, 0.6) is 0 Å². The van der Waals surface area contributed by atoms with Gasteiger partial charge in [-0.3, -0.25) is 0 Å². The van der Waals surface area contributed by atoms with Crippen molar-refractivity contribution in [2.45, 2.75) is 52.1 Å². The van der Waals surface area contributed by atoms with Crippen molar-refractivity contribution in [3.8, 4) is 0 Å². The molecule has 2 fully saturated rings. The molecule has 2 aliphatic carbocycles. The van der Waals surface area contributed by atoms with Gasteiger partial charge in [0.2, 0.25) is 0 Å². The minimum atomic E-state index is -0.467. The van der Waals surface area contributed by atoms with Crippen LogP contribution in [0.4, 0.5) is 0 Å². The summed E-state index contributed by atoms with van der Waals surface area (Å²) in [5.74, 6) is 0.208. The number of aliphatic hydroxyl groups excluding tert-OH is 2. The van der Waals surface area contributed by atoms with E-state index in [2.05, 4.69) is 13.5 Å². The lowest BCUT2D eigenvalue weighted by molar-refractivity contribution is -0.151. The van der Waals surface area contributed by atoms with Crippen LogP contribution >= 0.6 is 0 Å². The highest BCUT2D eigenvalue weighted by Crippen LogP contribution is 2.61. The minimum absolute atomic E-state index is 0.00374. The van der Waals surface area contributed by atoms with Crippen LogP contribution < -0.4 is 0 Å². The summed E-state index contributed by atoms with van der Waals surface area (Å²) in [5, 5.41) is 20.5. The Morgan fingerprint density at radius 1 is 1.42 bits per heavy atom. The first-order chi connectivity index (χ1) is 11.3. The smallest absolute Gasteiger partial charge is 0.342 e. The Morgan fingerprint density at radius 2 is 2.17 bits per heavy atom. The zero-order valence-electron chi connectivity index (χ0n) is 14.6. The second-order valence-electron chi connectivity index (χ2n) is 8.13. The van der Waals surface area contributed by atoms with Crippen LogP contribution in [0.3, 0.4) is 0 Å². The lowest BCUT2D eigenvalue weighted by Crippen LogP contribution is -2.57. The summed E-state index contributed by atoms with van der Waals surface area (Å²) in [6.07, 6.45) is 8.86. The average Bonchev–Trinajstić information content (AvgIpc) is 2.96. The zero-order valence-corrected chi connectivity index (χ0v) is 14.6. The number of allylic oxidation sites excluding steroid dienone is 2. The zero-order chi connectivity index (χ0) is 17.5. The van der Waals surface area contributed by atoms with Crippen LogP contribution in [0.15, 0.2) is 36.1 Å². The summed E-state index contributed by atoms with van der Waals surface area (Å²) in [6.45, 7) is 8.59. The molecule has 4 heteroatoms. The third-order valence-corrected chi connectivity index (χ3v) is 6.93. The molecule has 0 spiro atoms. The monoisotopic (exact) mass is 332 g/mol. The van der Waals surface area contributed by atoms with Crippen molar-refractivity contribution in [3.05, 3.63) is 36.1 Å². The molecule has 0 aromatic rings. The molecule has 3 aliphatic rings. The van der Waals surface area contributed by atoms with E-state index in [4.69, 9.17) is 4.74 Å². The summed E-state index contributed by atoms with van der Waals surface area (Å²) >= 11 is 0. The number of esters is 1. The maximum Gasteiger partial charge on any atom is 0.342 e. The molecule has 0 aromatic heterocycles. The van der Waals surface area contributed by atoms with Gasteiger partial charge in [0.1, 0.15) is 0 Å². The summed E-state index contributed by atoms with van der Waals surface area (Å²) in [7, 11) is 0. The molecule has 0 aromatic carbocycles. The van der Waals surface area contributed by atoms with Crippen molar-refractivity contribution in [1.29, 1.82) is 0 Å². The van der Waals surface area contributed by atoms with E-state index in [1.54, 1.807) is 6.08 Å². The first kappa shape index (κ1) is 17.4. The van der Waals surface area contributed by atoms with Crippen molar-refractivity contribution >= 4 is 5.97 Å². The van der Waals surface area contributed by atoms with Crippen LogP contribution in [0.2, 0.25) is 0 Å². The largest absolute Gasteiger partial charge is 0.431 e. The highest BCUT2D eigenvalue weighted by molar-refractivity contribution is 5.94. The van der Waals surface area contributed by atoms with Crippen molar-refractivity contribution in [2.75, 3.05) is 6.61 Å². The number of rotatable bonds is 3. The standard InChI is InChI=1S/C20H28O4/c1-13-4-7-16-19(2,10-8-17(22)20(16,3)12-21)15(13)6-5-14-9-11-24-18(14)23/h5,9,11,15-17,21-22H,1,4,6-8,10,12H2,2-3H3/b14-5+/t15-,16-,17+,19-,20-/m0/s1. The molecule has 5 atom stereocenters. The van der Waals surface area contributed by atoms with Crippen molar-refractivity contribution in [2.24, 2.45) is 22.7 Å². The molecular formula is C20H28O4. The Kier molecular flexibility index (Phi) is 4.47. The van der Waals surface area contributed by atoms with Crippen molar-refractivity contribution in [3.63, 3.8) is 0 Å². The second kappa shape index (κ2) is 6.16. The molecule has 1 aliphatic heterocycles. The molecule has 3 rings (SSSR count). The van der Waals surface area contributed by atoms with Gasteiger partial charge >= 0.3 is 5.97 Å². The summed E-state index contributed by atoms with van der Waals surface area (Å²) in [6, 6.07) is 0. The average molecular weight is 332 g/mol. The Morgan fingerprint density at radius 3 is 2.79 bits per heavy atom. The lowest BCUT2D eigenvalue weighted by atomic mass is 9.46. The van der Waals surface area contributed by atoms with E-state index in [1.165, 1.54) is 11.8 Å². The maximum atomic E-state index is 11.6. The Balaban J connectivity index is 1.89. The van der Waals surface area contributed by atoms with E-state index in [-0.39, 0.29) is 29.8 Å². The lowest BCUT2D eigenvalue weighted by Gasteiger charge is -2.59. The first-order valence-corrected chi connectivity index (χ1v) is 8.87. The number of cyclic esters (lactones) is 1. The van der Waals surface area contributed by atoms with Gasteiger partial charge in [0.25, 0.3) is 0 Å². The molecule has 0 unspecified atom stereocenters. The van der Waals surface area contributed by atoms with Gasteiger partial charge in [0.05, 0.1) is 24.5 Å². The summed E-state index contributed by atoms with van der Waals surface area (Å²) in [5.41, 5.74) is 1.34. The molecule has 0 amide bonds. The third kappa shape index (κ3) is 2.56. The van der Waals surface area contributed by atoms with E-state index in [0.717, 1.165) is 25.7 Å². The molecule has 0 bridgehead atoms. The third-order valence-electron chi connectivity index (χ3n) is 6.93. The molecular weight excluding hydrogens is 304 g/mol. The Hall–Kier alpha value is -1.39. The van der Waals surface area contributed by atoms with E-state index < -0.39 is 11.5 Å².